The lowest BCUT2D eigenvalue weighted by Gasteiger charge is -2.33. The van der Waals surface area contributed by atoms with Crippen LogP contribution in [0.4, 0.5) is 0 Å². The number of guanidine groups is 1. The quantitative estimate of drug-likeness (QED) is 0.316. The van der Waals surface area contributed by atoms with Gasteiger partial charge in [0, 0.05) is 26.7 Å². The van der Waals surface area contributed by atoms with E-state index in [4.69, 9.17) is 9.47 Å². The minimum absolute atomic E-state index is 0. The third-order valence-electron chi connectivity index (χ3n) is 4.24. The van der Waals surface area contributed by atoms with Gasteiger partial charge in [-0.3, -0.25) is 9.79 Å². The Morgan fingerprint density at radius 1 is 1.28 bits per heavy atom. The molecule has 25 heavy (non-hydrogen) atoms. The van der Waals surface area contributed by atoms with E-state index in [0.29, 0.717) is 13.2 Å². The average molecular weight is 461 g/mol. The topological polar surface area (TPSA) is 63.2 Å². The molecule has 2 rings (SSSR count). The minimum Gasteiger partial charge on any atom is -0.497 e. The van der Waals surface area contributed by atoms with Gasteiger partial charge in [-0.1, -0.05) is 12.1 Å². The summed E-state index contributed by atoms with van der Waals surface area (Å²) in [6.07, 6.45) is 1.62. The molecular weight excluding hydrogens is 433 g/mol. The van der Waals surface area contributed by atoms with Gasteiger partial charge in [-0.15, -0.1) is 24.0 Å². The van der Waals surface area contributed by atoms with Gasteiger partial charge in [0.25, 0.3) is 0 Å². The largest absolute Gasteiger partial charge is 0.497 e. The first kappa shape index (κ1) is 21.5. The molecule has 1 aromatic rings. The summed E-state index contributed by atoms with van der Waals surface area (Å²) >= 11 is 0. The minimum atomic E-state index is -0.0710. The molecule has 1 saturated heterocycles. The van der Waals surface area contributed by atoms with Crippen molar-refractivity contribution in [2.45, 2.75) is 26.3 Å². The average Bonchev–Trinajstić information content (AvgIpc) is 2.63. The predicted octanol–water partition coefficient (Wildman–Crippen LogP) is 2.66. The molecule has 0 atom stereocenters. The van der Waals surface area contributed by atoms with Crippen molar-refractivity contribution in [3.05, 3.63) is 29.8 Å². The normalized spacial score (nSPS) is 15.3. The molecule has 0 bridgehead atoms. The number of carbonyl (C=O) groups excluding carboxylic acids is 1. The number of ether oxygens (including phenoxy) is 2. The van der Waals surface area contributed by atoms with Crippen molar-refractivity contribution >= 4 is 35.9 Å². The molecule has 0 amide bonds. The first-order chi connectivity index (χ1) is 11.7. The van der Waals surface area contributed by atoms with Crippen LogP contribution in [0.25, 0.3) is 0 Å². The van der Waals surface area contributed by atoms with Crippen LogP contribution in [0.15, 0.2) is 29.3 Å². The number of methoxy groups -OCH3 is 1. The first-order valence-electron chi connectivity index (χ1n) is 8.43. The summed E-state index contributed by atoms with van der Waals surface area (Å²) < 4.78 is 10.3. The van der Waals surface area contributed by atoms with Crippen LogP contribution in [0.5, 0.6) is 5.75 Å². The number of halogens is 1. The molecule has 1 aliphatic heterocycles. The number of likely N-dealkylation sites (tertiary alicyclic amines) is 1. The molecule has 0 aromatic heterocycles. The van der Waals surface area contributed by atoms with Crippen molar-refractivity contribution < 1.29 is 14.3 Å². The Labute approximate surface area is 167 Å². The van der Waals surface area contributed by atoms with Crippen LogP contribution in [-0.2, 0) is 16.1 Å². The fourth-order valence-corrected chi connectivity index (χ4v) is 2.84. The van der Waals surface area contributed by atoms with Gasteiger partial charge in [0.15, 0.2) is 5.96 Å². The molecule has 6 nitrogen and oxygen atoms in total. The second kappa shape index (κ2) is 11.2. The Bertz CT molecular complexity index is 555. The van der Waals surface area contributed by atoms with E-state index in [1.807, 2.05) is 31.2 Å². The lowest BCUT2D eigenvalue weighted by atomic mass is 9.97. The van der Waals surface area contributed by atoms with Crippen molar-refractivity contribution in [1.82, 2.24) is 10.2 Å². The van der Waals surface area contributed by atoms with Crippen molar-refractivity contribution in [3.63, 3.8) is 0 Å². The molecule has 140 valence electrons. The van der Waals surface area contributed by atoms with Crippen LogP contribution in [0.1, 0.15) is 25.3 Å². The van der Waals surface area contributed by atoms with Crippen molar-refractivity contribution in [2.75, 3.05) is 33.9 Å². The molecule has 0 unspecified atom stereocenters. The Kier molecular flexibility index (Phi) is 9.62. The number of esters is 1. The Balaban J connectivity index is 0.00000312. The monoisotopic (exact) mass is 461 g/mol. The molecule has 1 aliphatic rings. The van der Waals surface area contributed by atoms with E-state index in [9.17, 15) is 4.79 Å². The maximum Gasteiger partial charge on any atom is 0.309 e. The summed E-state index contributed by atoms with van der Waals surface area (Å²) in [6.45, 7) is 4.62. The second-order valence-corrected chi connectivity index (χ2v) is 5.76. The van der Waals surface area contributed by atoms with Gasteiger partial charge >= 0.3 is 5.97 Å². The van der Waals surface area contributed by atoms with Gasteiger partial charge in [-0.2, -0.15) is 0 Å². The third kappa shape index (κ3) is 6.37. The number of carbonyl (C=O) groups is 1. The summed E-state index contributed by atoms with van der Waals surface area (Å²) in [5.74, 6) is 1.66. The van der Waals surface area contributed by atoms with E-state index in [0.717, 1.165) is 37.6 Å². The highest BCUT2D eigenvalue weighted by Gasteiger charge is 2.27. The highest BCUT2D eigenvalue weighted by molar-refractivity contribution is 14.0. The van der Waals surface area contributed by atoms with Crippen LogP contribution >= 0.6 is 24.0 Å². The predicted molar refractivity (Wildman–Crippen MR) is 110 cm³/mol. The molecule has 1 N–H and O–H groups in total. The molecule has 0 radical (unpaired) electrons. The van der Waals surface area contributed by atoms with Gasteiger partial charge in [-0.25, -0.2) is 0 Å². The third-order valence-corrected chi connectivity index (χ3v) is 4.24. The van der Waals surface area contributed by atoms with Crippen LogP contribution in [0.3, 0.4) is 0 Å². The van der Waals surface area contributed by atoms with E-state index in [-0.39, 0.29) is 35.9 Å². The Morgan fingerprint density at radius 3 is 2.44 bits per heavy atom. The van der Waals surface area contributed by atoms with Gasteiger partial charge in [0.1, 0.15) is 5.75 Å². The maximum atomic E-state index is 11.8. The number of nitrogens with one attached hydrogen (secondary N) is 1. The number of benzene rings is 1. The lowest BCUT2D eigenvalue weighted by Crippen LogP contribution is -2.46. The number of rotatable bonds is 5. The zero-order chi connectivity index (χ0) is 17.4. The summed E-state index contributed by atoms with van der Waals surface area (Å²) in [7, 11) is 3.45. The van der Waals surface area contributed by atoms with Crippen molar-refractivity contribution in [1.29, 1.82) is 0 Å². The zero-order valence-electron chi connectivity index (χ0n) is 15.2. The van der Waals surface area contributed by atoms with Crippen LogP contribution in [0.2, 0.25) is 0 Å². The molecule has 1 fully saturated rings. The highest BCUT2D eigenvalue weighted by atomic mass is 127. The Morgan fingerprint density at radius 2 is 1.92 bits per heavy atom. The molecule has 0 aliphatic carbocycles. The summed E-state index contributed by atoms with van der Waals surface area (Å²) in [5, 5.41) is 3.38. The van der Waals surface area contributed by atoms with Crippen LogP contribution < -0.4 is 10.1 Å². The second-order valence-electron chi connectivity index (χ2n) is 5.76. The SMILES string of the molecule is CCOC(=O)C1CCN(C(=NC)NCc2ccc(OC)cc2)CC1.I. The van der Waals surface area contributed by atoms with Gasteiger partial charge in [0.2, 0.25) is 0 Å². The molecule has 0 spiro atoms. The molecule has 7 heteroatoms. The molecule has 0 saturated carbocycles. The van der Waals surface area contributed by atoms with E-state index in [1.54, 1.807) is 14.2 Å². The lowest BCUT2D eigenvalue weighted by molar-refractivity contribution is -0.149. The van der Waals surface area contributed by atoms with E-state index >= 15 is 0 Å². The fraction of sp³-hybridized carbons (Fsp3) is 0.556. The smallest absolute Gasteiger partial charge is 0.309 e. The van der Waals surface area contributed by atoms with Gasteiger partial charge in [-0.05, 0) is 37.5 Å². The zero-order valence-corrected chi connectivity index (χ0v) is 17.5. The number of hydrogen-bond donors (Lipinski definition) is 1. The van der Waals surface area contributed by atoms with Crippen molar-refractivity contribution in [3.8, 4) is 5.75 Å². The number of nitrogens with zero attached hydrogens (tertiary/aromatic N) is 2. The van der Waals surface area contributed by atoms with E-state index in [2.05, 4.69) is 15.2 Å². The first-order valence-corrected chi connectivity index (χ1v) is 8.43. The highest BCUT2D eigenvalue weighted by Crippen LogP contribution is 2.19. The summed E-state index contributed by atoms with van der Waals surface area (Å²) in [5.41, 5.74) is 1.17. The fourth-order valence-electron chi connectivity index (χ4n) is 2.84. The van der Waals surface area contributed by atoms with E-state index in [1.165, 1.54) is 5.56 Å². The maximum absolute atomic E-state index is 11.8. The summed E-state index contributed by atoms with van der Waals surface area (Å²) in [6, 6.07) is 7.97. The standard InChI is InChI=1S/C18H27N3O3.HI/c1-4-24-17(22)15-9-11-21(12-10-15)18(19-2)20-13-14-5-7-16(23-3)8-6-14;/h5-8,15H,4,9-13H2,1-3H3,(H,19,20);1H. The molecular formula is C18H28IN3O3. The summed E-state index contributed by atoms with van der Waals surface area (Å²) in [4.78, 5) is 18.4. The van der Waals surface area contributed by atoms with Gasteiger partial charge in [0.05, 0.1) is 19.6 Å². The van der Waals surface area contributed by atoms with Crippen molar-refractivity contribution in [2.24, 2.45) is 10.9 Å². The number of hydrogen-bond acceptors (Lipinski definition) is 4. The Hall–Kier alpha value is -1.51. The van der Waals surface area contributed by atoms with Gasteiger partial charge < -0.3 is 19.7 Å². The molecule has 1 heterocycles. The van der Waals surface area contributed by atoms with Crippen LogP contribution in [-0.4, -0.2) is 50.7 Å². The number of aliphatic imine (C=N–C) groups is 1. The number of piperidine rings is 1. The van der Waals surface area contributed by atoms with E-state index < -0.39 is 0 Å². The molecule has 1 aromatic carbocycles. The van der Waals surface area contributed by atoms with Crippen LogP contribution in [0, 0.1) is 5.92 Å².